The van der Waals surface area contributed by atoms with E-state index in [1.165, 1.54) is 5.56 Å². The number of para-hydroxylation sites is 2. The molecule has 0 fully saturated rings. The van der Waals surface area contributed by atoms with Crippen molar-refractivity contribution in [3.8, 4) is 0 Å². The maximum absolute atomic E-state index is 13.8. The molecule has 4 nitrogen and oxygen atoms in total. The number of fused-ring (bicyclic) bond motifs is 3. The van der Waals surface area contributed by atoms with Crippen molar-refractivity contribution >= 4 is 39.0 Å². The van der Waals surface area contributed by atoms with E-state index in [1.54, 1.807) is 4.90 Å². The van der Waals surface area contributed by atoms with Gasteiger partial charge in [0.1, 0.15) is 5.84 Å². The SMILES string of the molecule is CN1C(=O)C2(N=C(c3ccc(Br)cc3)N3CCc4cccc2c43)c2ccccc21. The molecule has 1 amide bonds. The van der Waals surface area contributed by atoms with Crippen LogP contribution in [0.25, 0.3) is 0 Å². The molecule has 3 aliphatic heterocycles. The summed E-state index contributed by atoms with van der Waals surface area (Å²) in [6.45, 7) is 0.878. The number of anilines is 2. The molecule has 29 heavy (non-hydrogen) atoms. The zero-order valence-corrected chi connectivity index (χ0v) is 17.5. The summed E-state index contributed by atoms with van der Waals surface area (Å²) < 4.78 is 1.02. The molecule has 142 valence electrons. The second kappa shape index (κ2) is 5.80. The number of aliphatic imine (C=N–C) groups is 1. The van der Waals surface area contributed by atoms with Crippen LogP contribution >= 0.6 is 15.9 Å². The number of hydrogen-bond donors (Lipinski definition) is 0. The first kappa shape index (κ1) is 17.0. The lowest BCUT2D eigenvalue weighted by Crippen LogP contribution is -2.46. The fraction of sp³-hybridized carbons (Fsp3) is 0.167. The van der Waals surface area contributed by atoms with Crippen molar-refractivity contribution in [2.24, 2.45) is 4.99 Å². The molecule has 3 heterocycles. The Balaban J connectivity index is 1.71. The minimum atomic E-state index is -1.03. The number of nitrogens with zero attached hydrogens (tertiary/aromatic N) is 3. The highest BCUT2D eigenvalue weighted by Gasteiger charge is 2.56. The molecule has 3 aromatic carbocycles. The third-order valence-electron chi connectivity index (χ3n) is 6.29. The van der Waals surface area contributed by atoms with Gasteiger partial charge in [-0.15, -0.1) is 0 Å². The number of amides is 1. The maximum Gasteiger partial charge on any atom is 0.264 e. The number of likely N-dealkylation sites (N-methyl/N-ethyl adjacent to an activating group) is 1. The summed E-state index contributed by atoms with van der Waals surface area (Å²) >= 11 is 3.52. The van der Waals surface area contributed by atoms with Crippen LogP contribution in [0.4, 0.5) is 11.4 Å². The highest BCUT2D eigenvalue weighted by Crippen LogP contribution is 2.53. The minimum absolute atomic E-state index is 0.00765. The van der Waals surface area contributed by atoms with Gasteiger partial charge in [0.15, 0.2) is 5.54 Å². The summed E-state index contributed by atoms with van der Waals surface area (Å²) in [4.78, 5) is 23.0. The molecule has 5 heteroatoms. The Kier molecular flexibility index (Phi) is 3.40. The fourth-order valence-electron chi connectivity index (χ4n) is 4.97. The first-order valence-electron chi connectivity index (χ1n) is 9.74. The Morgan fingerprint density at radius 3 is 2.55 bits per heavy atom. The topological polar surface area (TPSA) is 35.9 Å². The molecular weight excluding hydrogens is 426 g/mol. The van der Waals surface area contributed by atoms with Gasteiger partial charge in [-0.05, 0) is 30.2 Å². The van der Waals surface area contributed by atoms with E-state index in [4.69, 9.17) is 4.99 Å². The highest BCUT2D eigenvalue weighted by molar-refractivity contribution is 9.10. The molecule has 0 bridgehead atoms. The van der Waals surface area contributed by atoms with Crippen molar-refractivity contribution in [1.82, 2.24) is 0 Å². The molecule has 0 aliphatic carbocycles. The molecule has 6 rings (SSSR count). The maximum atomic E-state index is 13.8. The first-order chi connectivity index (χ1) is 14.1. The summed E-state index contributed by atoms with van der Waals surface area (Å²) in [5, 5.41) is 0. The van der Waals surface area contributed by atoms with Crippen molar-refractivity contribution in [2.75, 3.05) is 23.4 Å². The number of amidine groups is 1. The summed E-state index contributed by atoms with van der Waals surface area (Å²) in [6.07, 6.45) is 0.959. The van der Waals surface area contributed by atoms with E-state index in [2.05, 4.69) is 51.2 Å². The predicted molar refractivity (Wildman–Crippen MR) is 119 cm³/mol. The van der Waals surface area contributed by atoms with Crippen LogP contribution in [-0.4, -0.2) is 25.3 Å². The van der Waals surface area contributed by atoms with Gasteiger partial charge in [0.25, 0.3) is 5.91 Å². The van der Waals surface area contributed by atoms with Crippen LogP contribution in [0.1, 0.15) is 22.3 Å². The molecule has 3 aromatic rings. The van der Waals surface area contributed by atoms with Gasteiger partial charge < -0.3 is 9.80 Å². The molecule has 1 spiro atoms. The normalized spacial score (nSPS) is 21.4. The Morgan fingerprint density at radius 1 is 0.966 bits per heavy atom. The third-order valence-corrected chi connectivity index (χ3v) is 6.81. The lowest BCUT2D eigenvalue weighted by atomic mass is 9.81. The van der Waals surface area contributed by atoms with Gasteiger partial charge in [-0.1, -0.05) is 64.5 Å². The van der Waals surface area contributed by atoms with Crippen LogP contribution in [-0.2, 0) is 16.8 Å². The number of halogens is 1. The predicted octanol–water partition coefficient (Wildman–Crippen LogP) is 4.49. The Hall–Kier alpha value is -2.92. The average Bonchev–Trinajstić information content (AvgIpc) is 3.27. The van der Waals surface area contributed by atoms with Gasteiger partial charge in [0.2, 0.25) is 0 Å². The zero-order valence-electron chi connectivity index (χ0n) is 15.9. The quantitative estimate of drug-likeness (QED) is 0.555. The fourth-order valence-corrected chi connectivity index (χ4v) is 5.23. The van der Waals surface area contributed by atoms with E-state index in [-0.39, 0.29) is 5.91 Å². The molecular formula is C24H18BrN3O. The Labute approximate surface area is 177 Å². The van der Waals surface area contributed by atoms with Crippen molar-refractivity contribution < 1.29 is 4.79 Å². The molecule has 0 radical (unpaired) electrons. The molecule has 0 saturated heterocycles. The lowest BCUT2D eigenvalue weighted by molar-refractivity contribution is -0.121. The van der Waals surface area contributed by atoms with Crippen LogP contribution in [0, 0.1) is 0 Å². The molecule has 1 unspecified atom stereocenters. The van der Waals surface area contributed by atoms with E-state index < -0.39 is 5.54 Å². The molecule has 0 aromatic heterocycles. The monoisotopic (exact) mass is 443 g/mol. The second-order valence-corrected chi connectivity index (χ2v) is 8.66. The van der Waals surface area contributed by atoms with Gasteiger partial charge in [-0.25, -0.2) is 4.99 Å². The summed E-state index contributed by atoms with van der Waals surface area (Å²) in [6, 6.07) is 22.5. The van der Waals surface area contributed by atoms with Gasteiger partial charge in [0.05, 0.1) is 5.69 Å². The molecule has 1 atom stereocenters. The van der Waals surface area contributed by atoms with E-state index in [0.29, 0.717) is 0 Å². The van der Waals surface area contributed by atoms with Gasteiger partial charge >= 0.3 is 0 Å². The zero-order chi connectivity index (χ0) is 19.8. The van der Waals surface area contributed by atoms with Crippen molar-refractivity contribution in [3.05, 3.63) is 93.5 Å². The molecule has 0 saturated carbocycles. The number of carbonyl (C=O) groups is 1. The van der Waals surface area contributed by atoms with Crippen LogP contribution in [0.5, 0.6) is 0 Å². The minimum Gasteiger partial charge on any atom is -0.325 e. The van der Waals surface area contributed by atoms with Crippen LogP contribution in [0.15, 0.2) is 76.2 Å². The molecule has 3 aliphatic rings. The van der Waals surface area contributed by atoms with E-state index >= 15 is 0 Å². The smallest absolute Gasteiger partial charge is 0.264 e. The second-order valence-electron chi connectivity index (χ2n) is 7.75. The van der Waals surface area contributed by atoms with E-state index in [1.807, 2.05) is 43.4 Å². The van der Waals surface area contributed by atoms with Crippen molar-refractivity contribution in [3.63, 3.8) is 0 Å². The number of benzene rings is 3. The van der Waals surface area contributed by atoms with Crippen LogP contribution < -0.4 is 9.80 Å². The summed E-state index contributed by atoms with van der Waals surface area (Å²) in [5.74, 6) is 0.877. The largest absolute Gasteiger partial charge is 0.325 e. The lowest BCUT2D eigenvalue weighted by Gasteiger charge is -2.37. The third kappa shape index (κ3) is 2.08. The summed E-state index contributed by atoms with van der Waals surface area (Å²) in [5.41, 5.74) is 5.32. The van der Waals surface area contributed by atoms with Crippen molar-refractivity contribution in [2.45, 2.75) is 12.0 Å². The number of rotatable bonds is 1. The van der Waals surface area contributed by atoms with Crippen LogP contribution in [0.3, 0.4) is 0 Å². The highest BCUT2D eigenvalue weighted by atomic mass is 79.9. The van der Waals surface area contributed by atoms with Gasteiger partial charge in [-0.2, -0.15) is 0 Å². The van der Waals surface area contributed by atoms with Crippen LogP contribution in [0.2, 0.25) is 0 Å². The van der Waals surface area contributed by atoms with Crippen molar-refractivity contribution in [1.29, 1.82) is 0 Å². The first-order valence-corrected chi connectivity index (χ1v) is 10.5. The average molecular weight is 444 g/mol. The number of hydrogen-bond acceptors (Lipinski definition) is 3. The number of carbonyl (C=O) groups excluding carboxylic acids is 1. The molecule has 0 N–H and O–H groups in total. The standard InChI is InChI=1S/C24H18BrN3O/c1-27-20-8-3-2-6-18(20)24(23(27)29)19-7-4-5-15-13-14-28(21(15)19)22(26-24)16-9-11-17(25)12-10-16/h2-12H,13-14H2,1H3. The van der Waals surface area contributed by atoms with E-state index in [0.717, 1.165) is 51.3 Å². The van der Waals surface area contributed by atoms with E-state index in [9.17, 15) is 4.79 Å². The Bertz CT molecular complexity index is 1220. The Morgan fingerprint density at radius 2 is 1.72 bits per heavy atom. The van der Waals surface area contributed by atoms with Gasteiger partial charge in [-0.3, -0.25) is 4.79 Å². The summed E-state index contributed by atoms with van der Waals surface area (Å²) in [7, 11) is 1.85. The van der Waals surface area contributed by atoms with Gasteiger partial charge in [0, 0.05) is 40.4 Å².